The first-order valence-corrected chi connectivity index (χ1v) is 12.4. The van der Waals surface area contributed by atoms with Crippen LogP contribution in [-0.2, 0) is 32.0 Å². The van der Waals surface area contributed by atoms with Crippen molar-refractivity contribution in [2.45, 2.75) is 49.9 Å². The Morgan fingerprint density at radius 2 is 1.76 bits per heavy atom. The summed E-state index contributed by atoms with van der Waals surface area (Å²) < 4.78 is 0. The Hall–Kier alpha value is -4.23. The SMILES string of the molecule is O=C(O)C(Cc1c[nH]c2ccccc12)NC(=O)C(CO)NC(=O)C(Cc1cnc[nH]1)NC(=O)C1CCCN1. The first-order chi connectivity index (χ1) is 18.4. The van der Waals surface area contributed by atoms with Crippen molar-refractivity contribution in [1.29, 1.82) is 0 Å². The van der Waals surface area contributed by atoms with E-state index in [0.29, 0.717) is 24.2 Å². The second-order valence-corrected chi connectivity index (χ2v) is 9.20. The van der Waals surface area contributed by atoms with Crippen LogP contribution < -0.4 is 21.3 Å². The molecule has 4 unspecified atom stereocenters. The fourth-order valence-electron chi connectivity index (χ4n) is 4.47. The molecule has 13 heteroatoms. The van der Waals surface area contributed by atoms with Gasteiger partial charge in [-0.2, -0.15) is 0 Å². The lowest BCUT2D eigenvalue weighted by Crippen LogP contribution is -2.58. The molecule has 1 fully saturated rings. The largest absolute Gasteiger partial charge is 0.480 e. The zero-order chi connectivity index (χ0) is 27.1. The summed E-state index contributed by atoms with van der Waals surface area (Å²) in [5, 5.41) is 31.0. The number of benzene rings is 1. The van der Waals surface area contributed by atoms with Gasteiger partial charge in [-0.05, 0) is 31.0 Å². The van der Waals surface area contributed by atoms with Gasteiger partial charge in [0.2, 0.25) is 17.7 Å². The normalized spacial score (nSPS) is 17.4. The number of carboxylic acid groups (broad SMARTS) is 1. The molecule has 8 N–H and O–H groups in total. The Kier molecular flexibility index (Phi) is 8.71. The van der Waals surface area contributed by atoms with Gasteiger partial charge in [0.1, 0.15) is 18.1 Å². The van der Waals surface area contributed by atoms with Crippen LogP contribution in [0.4, 0.5) is 0 Å². The number of fused-ring (bicyclic) bond motifs is 1. The van der Waals surface area contributed by atoms with E-state index in [-0.39, 0.29) is 18.7 Å². The summed E-state index contributed by atoms with van der Waals surface area (Å²) in [4.78, 5) is 60.5. The number of carboxylic acids is 1. The van der Waals surface area contributed by atoms with Gasteiger partial charge < -0.3 is 41.4 Å². The number of carbonyl (C=O) groups excluding carboxylic acids is 3. The molecule has 3 heterocycles. The molecule has 3 aromatic rings. The van der Waals surface area contributed by atoms with Crippen LogP contribution in [0.1, 0.15) is 24.1 Å². The maximum absolute atomic E-state index is 13.1. The standard InChI is InChI=1S/C25H31N7O6/c33-12-21(24(36)31-20(25(37)38)8-14-10-28-17-5-2-1-4-16(14)17)32-23(35)19(9-15-11-26-13-29-15)30-22(34)18-6-3-7-27-18/h1-2,4-5,10-11,13,18-21,27-28,33H,3,6-9,12H2,(H,26,29)(H,30,34)(H,31,36)(H,32,35)(H,37,38). The zero-order valence-corrected chi connectivity index (χ0v) is 20.6. The highest BCUT2D eigenvalue weighted by molar-refractivity contribution is 5.94. The Bertz CT molecular complexity index is 1270. The van der Waals surface area contributed by atoms with Gasteiger partial charge in [0.05, 0.1) is 19.0 Å². The maximum Gasteiger partial charge on any atom is 0.326 e. The predicted octanol–water partition coefficient (Wildman–Crippen LogP) is -1.04. The molecule has 0 bridgehead atoms. The summed E-state index contributed by atoms with van der Waals surface area (Å²) in [6.45, 7) is -0.0720. The smallest absolute Gasteiger partial charge is 0.326 e. The van der Waals surface area contributed by atoms with Crippen molar-refractivity contribution in [1.82, 2.24) is 36.2 Å². The van der Waals surface area contributed by atoms with Gasteiger partial charge in [-0.15, -0.1) is 0 Å². The van der Waals surface area contributed by atoms with E-state index in [0.717, 1.165) is 17.3 Å². The summed E-state index contributed by atoms with van der Waals surface area (Å²) in [6, 6.07) is 3.14. The number of imidazole rings is 1. The Morgan fingerprint density at radius 3 is 2.45 bits per heavy atom. The van der Waals surface area contributed by atoms with Crippen LogP contribution in [0.5, 0.6) is 0 Å². The molecule has 1 aromatic carbocycles. The monoisotopic (exact) mass is 525 g/mol. The van der Waals surface area contributed by atoms with Gasteiger partial charge in [-0.1, -0.05) is 18.2 Å². The number of rotatable bonds is 12. The molecule has 3 amide bonds. The molecule has 0 spiro atoms. The Morgan fingerprint density at radius 1 is 1.00 bits per heavy atom. The number of nitrogens with one attached hydrogen (secondary N) is 6. The minimum atomic E-state index is -1.43. The fourth-order valence-corrected chi connectivity index (χ4v) is 4.47. The number of aliphatic hydroxyl groups excluding tert-OH is 1. The Balaban J connectivity index is 1.42. The molecule has 0 radical (unpaired) electrons. The number of aromatic amines is 2. The van der Waals surface area contributed by atoms with Gasteiger partial charge in [0.25, 0.3) is 0 Å². The summed E-state index contributed by atoms with van der Waals surface area (Å²) in [5.74, 6) is -3.18. The third-order valence-corrected chi connectivity index (χ3v) is 6.52. The van der Waals surface area contributed by atoms with Crippen molar-refractivity contribution >= 4 is 34.6 Å². The molecule has 13 nitrogen and oxygen atoms in total. The van der Waals surface area contributed by atoms with Crippen LogP contribution in [0.2, 0.25) is 0 Å². The van der Waals surface area contributed by atoms with E-state index in [4.69, 9.17) is 0 Å². The van der Waals surface area contributed by atoms with Crippen LogP contribution in [0.15, 0.2) is 43.0 Å². The van der Waals surface area contributed by atoms with E-state index in [1.807, 2.05) is 24.3 Å². The van der Waals surface area contributed by atoms with Gasteiger partial charge in [-0.3, -0.25) is 14.4 Å². The minimum absolute atomic E-state index is 0.00984. The Labute approximate surface area is 217 Å². The number of aromatic nitrogens is 3. The zero-order valence-electron chi connectivity index (χ0n) is 20.6. The van der Waals surface area contributed by atoms with E-state index in [9.17, 15) is 29.4 Å². The second kappa shape index (κ2) is 12.3. The summed E-state index contributed by atoms with van der Waals surface area (Å²) >= 11 is 0. The second-order valence-electron chi connectivity index (χ2n) is 9.20. The molecule has 1 aliphatic heterocycles. The van der Waals surface area contributed by atoms with E-state index in [2.05, 4.69) is 36.2 Å². The van der Waals surface area contributed by atoms with Gasteiger partial charge in [-0.25, -0.2) is 9.78 Å². The number of carbonyl (C=O) groups is 4. The maximum atomic E-state index is 13.1. The third kappa shape index (κ3) is 6.55. The number of hydrogen-bond acceptors (Lipinski definition) is 7. The van der Waals surface area contributed by atoms with E-state index in [1.165, 1.54) is 12.5 Å². The highest BCUT2D eigenvalue weighted by Gasteiger charge is 2.32. The number of amides is 3. The van der Waals surface area contributed by atoms with Crippen LogP contribution in [-0.4, -0.2) is 86.2 Å². The average molecular weight is 526 g/mol. The topological polar surface area (TPSA) is 201 Å². The number of aliphatic carboxylic acids is 1. The van der Waals surface area contributed by atoms with Crippen molar-refractivity contribution in [2.24, 2.45) is 0 Å². The summed E-state index contributed by atoms with van der Waals surface area (Å²) in [7, 11) is 0. The van der Waals surface area contributed by atoms with Crippen molar-refractivity contribution in [3.8, 4) is 0 Å². The summed E-state index contributed by atoms with van der Waals surface area (Å²) in [5.41, 5.74) is 2.11. The van der Waals surface area contributed by atoms with Crippen molar-refractivity contribution in [3.05, 3.63) is 54.2 Å². The van der Waals surface area contributed by atoms with Crippen LogP contribution in [0.3, 0.4) is 0 Å². The van der Waals surface area contributed by atoms with E-state index >= 15 is 0 Å². The van der Waals surface area contributed by atoms with Gasteiger partial charge >= 0.3 is 5.97 Å². The number of aliphatic hydroxyl groups is 1. The van der Waals surface area contributed by atoms with Gasteiger partial charge in [0.15, 0.2) is 0 Å². The van der Waals surface area contributed by atoms with Crippen molar-refractivity contribution in [2.75, 3.05) is 13.2 Å². The number of para-hydroxylation sites is 1. The van der Waals surface area contributed by atoms with Crippen LogP contribution in [0, 0.1) is 0 Å². The van der Waals surface area contributed by atoms with Crippen LogP contribution >= 0.6 is 0 Å². The quantitative estimate of drug-likeness (QED) is 0.146. The molecule has 0 saturated carbocycles. The van der Waals surface area contributed by atoms with Crippen molar-refractivity contribution in [3.63, 3.8) is 0 Å². The first-order valence-electron chi connectivity index (χ1n) is 12.4. The van der Waals surface area contributed by atoms with E-state index in [1.54, 1.807) is 6.20 Å². The molecule has 1 saturated heterocycles. The minimum Gasteiger partial charge on any atom is -0.480 e. The average Bonchev–Trinajstić information content (AvgIpc) is 3.69. The predicted molar refractivity (Wildman–Crippen MR) is 136 cm³/mol. The highest BCUT2D eigenvalue weighted by Crippen LogP contribution is 2.19. The molecule has 4 atom stereocenters. The third-order valence-electron chi connectivity index (χ3n) is 6.52. The molecular formula is C25H31N7O6. The van der Waals surface area contributed by atoms with E-state index < -0.39 is 48.6 Å². The molecule has 1 aliphatic rings. The lowest BCUT2D eigenvalue weighted by Gasteiger charge is -2.24. The molecule has 38 heavy (non-hydrogen) atoms. The number of H-pyrrole nitrogens is 2. The van der Waals surface area contributed by atoms with Crippen molar-refractivity contribution < 1.29 is 29.4 Å². The molecule has 202 valence electrons. The fraction of sp³-hybridized carbons (Fsp3) is 0.400. The lowest BCUT2D eigenvalue weighted by molar-refractivity contribution is -0.142. The number of hydrogen-bond donors (Lipinski definition) is 8. The molecule has 2 aromatic heterocycles. The highest BCUT2D eigenvalue weighted by atomic mass is 16.4. The van der Waals surface area contributed by atoms with Crippen LogP contribution in [0.25, 0.3) is 10.9 Å². The summed E-state index contributed by atoms with van der Waals surface area (Å²) in [6.07, 6.45) is 6.17. The lowest BCUT2D eigenvalue weighted by atomic mass is 10.0. The molecule has 4 rings (SSSR count). The number of nitrogens with zero attached hydrogens (tertiary/aromatic N) is 1. The first kappa shape index (κ1) is 26.8. The molecular weight excluding hydrogens is 494 g/mol. The van der Waals surface area contributed by atoms with Gasteiger partial charge in [0, 0.05) is 41.8 Å². The molecule has 0 aliphatic carbocycles.